The first kappa shape index (κ1) is 26.2. The van der Waals surface area contributed by atoms with Gasteiger partial charge in [0.15, 0.2) is 0 Å². The summed E-state index contributed by atoms with van der Waals surface area (Å²) in [4.78, 5) is 32.1. The second-order valence-corrected chi connectivity index (χ2v) is 10.2. The van der Waals surface area contributed by atoms with Crippen molar-refractivity contribution in [3.63, 3.8) is 0 Å². The molecule has 0 aliphatic carbocycles. The maximum atomic E-state index is 13.0. The molecule has 0 fully saturated rings. The monoisotopic (exact) mass is 495 g/mol. The topological polar surface area (TPSA) is 80.8 Å². The Hall–Kier alpha value is -3.39. The molecule has 1 atom stereocenters. The number of alkyl carbamates (subject to hydrolysis) is 1. The van der Waals surface area contributed by atoms with Crippen molar-refractivity contribution < 1.29 is 19.1 Å². The molecule has 186 valence electrons. The van der Waals surface area contributed by atoms with Crippen LogP contribution in [0, 0.1) is 0 Å². The SMILES string of the molecule is CC(C)(C)OC(=O)N[C@H](CCN(Cc1ccccc1)C(=O)OCc1cncs1)Cc1ccccc1. The van der Waals surface area contributed by atoms with Crippen LogP contribution in [0.3, 0.4) is 0 Å². The highest BCUT2D eigenvalue weighted by molar-refractivity contribution is 7.09. The molecule has 0 aliphatic heterocycles. The van der Waals surface area contributed by atoms with Crippen molar-refractivity contribution in [2.75, 3.05) is 6.54 Å². The molecule has 2 amide bonds. The number of ether oxygens (including phenoxy) is 2. The van der Waals surface area contributed by atoms with E-state index in [-0.39, 0.29) is 12.6 Å². The molecular weight excluding hydrogens is 462 g/mol. The molecule has 0 aliphatic rings. The Morgan fingerprint density at radius 2 is 1.69 bits per heavy atom. The molecule has 0 saturated heterocycles. The number of nitrogens with zero attached hydrogens (tertiary/aromatic N) is 2. The largest absolute Gasteiger partial charge is 0.444 e. The van der Waals surface area contributed by atoms with Crippen LogP contribution >= 0.6 is 11.3 Å². The van der Waals surface area contributed by atoms with Crippen molar-refractivity contribution >= 4 is 23.5 Å². The van der Waals surface area contributed by atoms with Crippen molar-refractivity contribution in [2.24, 2.45) is 0 Å². The van der Waals surface area contributed by atoms with Gasteiger partial charge >= 0.3 is 12.2 Å². The number of amides is 2. The van der Waals surface area contributed by atoms with Crippen LogP contribution in [0.5, 0.6) is 0 Å². The molecule has 0 radical (unpaired) electrons. The molecular formula is C27H33N3O4S. The number of carbonyl (C=O) groups excluding carboxylic acids is 2. The Balaban J connectivity index is 1.69. The molecule has 0 saturated carbocycles. The van der Waals surface area contributed by atoms with E-state index in [4.69, 9.17) is 9.47 Å². The minimum atomic E-state index is -0.596. The Labute approximate surface area is 211 Å². The van der Waals surface area contributed by atoms with Gasteiger partial charge in [0.2, 0.25) is 0 Å². The van der Waals surface area contributed by atoms with Crippen LogP contribution in [0.25, 0.3) is 0 Å². The molecule has 0 spiro atoms. The zero-order chi connectivity index (χ0) is 25.1. The summed E-state index contributed by atoms with van der Waals surface area (Å²) in [7, 11) is 0. The lowest BCUT2D eigenvalue weighted by molar-refractivity contribution is 0.0497. The van der Waals surface area contributed by atoms with Gasteiger partial charge in [-0.05, 0) is 44.7 Å². The minimum Gasteiger partial charge on any atom is -0.444 e. The number of carbonyl (C=O) groups is 2. The van der Waals surface area contributed by atoms with E-state index < -0.39 is 17.8 Å². The standard InChI is InChI=1S/C27H33N3O4S/c1-27(2,3)34-25(31)29-23(16-21-10-6-4-7-11-21)14-15-30(18-22-12-8-5-9-13-22)26(32)33-19-24-17-28-20-35-24/h4-13,17,20,23H,14-16,18-19H2,1-3H3,(H,29,31)/t23-/m1/s1. The van der Waals surface area contributed by atoms with Crippen LogP contribution in [0.1, 0.15) is 43.2 Å². The molecule has 0 unspecified atom stereocenters. The predicted molar refractivity (Wildman–Crippen MR) is 137 cm³/mol. The van der Waals surface area contributed by atoms with E-state index in [1.165, 1.54) is 11.3 Å². The number of benzene rings is 2. The minimum absolute atomic E-state index is 0.179. The van der Waals surface area contributed by atoms with E-state index in [1.807, 2.05) is 81.4 Å². The fourth-order valence-electron chi connectivity index (χ4n) is 3.49. The number of thiazole rings is 1. The smallest absolute Gasteiger partial charge is 0.410 e. The van der Waals surface area contributed by atoms with Crippen LogP contribution in [-0.4, -0.2) is 40.3 Å². The van der Waals surface area contributed by atoms with Gasteiger partial charge in [-0.3, -0.25) is 4.98 Å². The van der Waals surface area contributed by atoms with Crippen molar-refractivity contribution in [1.82, 2.24) is 15.2 Å². The normalized spacial score (nSPS) is 12.0. The average Bonchev–Trinajstić information content (AvgIpc) is 3.34. The highest BCUT2D eigenvalue weighted by atomic mass is 32.1. The summed E-state index contributed by atoms with van der Waals surface area (Å²) in [6.07, 6.45) is 1.98. The van der Waals surface area contributed by atoms with Crippen LogP contribution in [0.4, 0.5) is 9.59 Å². The molecule has 1 N–H and O–H groups in total. The lowest BCUT2D eigenvalue weighted by Gasteiger charge is -2.27. The van der Waals surface area contributed by atoms with Crippen molar-refractivity contribution in [2.45, 2.75) is 58.4 Å². The van der Waals surface area contributed by atoms with Crippen LogP contribution in [-0.2, 0) is 29.0 Å². The number of hydrogen-bond acceptors (Lipinski definition) is 6. The van der Waals surface area contributed by atoms with Crippen LogP contribution in [0.15, 0.2) is 72.4 Å². The van der Waals surface area contributed by atoms with Crippen molar-refractivity contribution in [3.8, 4) is 0 Å². The molecule has 7 nitrogen and oxygen atoms in total. The summed E-state index contributed by atoms with van der Waals surface area (Å²) in [6, 6.07) is 19.5. The Bertz CT molecular complexity index is 1040. The highest BCUT2D eigenvalue weighted by Gasteiger charge is 2.22. The fourth-order valence-corrected chi connectivity index (χ4v) is 3.99. The van der Waals surface area contributed by atoms with Gasteiger partial charge in [0.25, 0.3) is 0 Å². The van der Waals surface area contributed by atoms with Gasteiger partial charge in [-0.25, -0.2) is 9.59 Å². The lowest BCUT2D eigenvalue weighted by Crippen LogP contribution is -2.43. The van der Waals surface area contributed by atoms with Gasteiger partial charge in [0, 0.05) is 25.3 Å². The Morgan fingerprint density at radius 3 is 2.29 bits per heavy atom. The molecule has 35 heavy (non-hydrogen) atoms. The lowest BCUT2D eigenvalue weighted by atomic mass is 10.0. The van der Waals surface area contributed by atoms with E-state index in [9.17, 15) is 9.59 Å². The third-order valence-corrected chi connectivity index (χ3v) is 5.84. The predicted octanol–water partition coefficient (Wildman–Crippen LogP) is 5.81. The van der Waals surface area contributed by atoms with Crippen molar-refractivity contribution in [3.05, 3.63) is 88.4 Å². The molecule has 1 heterocycles. The Kier molecular flexibility index (Phi) is 9.66. The van der Waals surface area contributed by atoms with Gasteiger partial charge in [-0.15, -0.1) is 11.3 Å². The van der Waals surface area contributed by atoms with Gasteiger partial charge < -0.3 is 19.7 Å². The molecule has 3 aromatic rings. The quantitative estimate of drug-likeness (QED) is 0.384. The average molecular weight is 496 g/mol. The van der Waals surface area contributed by atoms with Crippen molar-refractivity contribution in [1.29, 1.82) is 0 Å². The van der Waals surface area contributed by atoms with Gasteiger partial charge in [-0.2, -0.15) is 0 Å². The third kappa shape index (κ3) is 9.78. The summed E-state index contributed by atoms with van der Waals surface area (Å²) in [6.45, 7) is 6.49. The van der Waals surface area contributed by atoms with Gasteiger partial charge in [-0.1, -0.05) is 60.7 Å². The first-order valence-corrected chi connectivity index (χ1v) is 12.5. The van der Waals surface area contributed by atoms with Gasteiger partial charge in [0.1, 0.15) is 12.2 Å². The highest BCUT2D eigenvalue weighted by Crippen LogP contribution is 2.14. The Morgan fingerprint density at radius 1 is 1.03 bits per heavy atom. The summed E-state index contributed by atoms with van der Waals surface area (Å²) >= 11 is 1.44. The number of rotatable bonds is 10. The summed E-state index contributed by atoms with van der Waals surface area (Å²) in [5.41, 5.74) is 3.21. The number of hydrogen-bond donors (Lipinski definition) is 1. The molecule has 2 aromatic carbocycles. The first-order valence-electron chi connectivity index (χ1n) is 11.6. The van der Waals surface area contributed by atoms with E-state index in [1.54, 1.807) is 16.6 Å². The summed E-state index contributed by atoms with van der Waals surface area (Å²) in [5.74, 6) is 0. The zero-order valence-electron chi connectivity index (χ0n) is 20.5. The first-order chi connectivity index (χ1) is 16.8. The maximum absolute atomic E-state index is 13.0. The maximum Gasteiger partial charge on any atom is 0.410 e. The second kappa shape index (κ2) is 12.9. The number of nitrogens with one attached hydrogen (secondary N) is 1. The second-order valence-electron chi connectivity index (χ2n) is 9.25. The molecule has 8 heteroatoms. The molecule has 1 aromatic heterocycles. The van der Waals surface area contributed by atoms with E-state index in [0.717, 1.165) is 16.0 Å². The summed E-state index contributed by atoms with van der Waals surface area (Å²) in [5, 5.41) is 2.99. The number of aromatic nitrogens is 1. The van der Waals surface area contributed by atoms with Crippen LogP contribution in [0.2, 0.25) is 0 Å². The van der Waals surface area contributed by atoms with E-state index in [0.29, 0.717) is 25.9 Å². The van der Waals surface area contributed by atoms with E-state index >= 15 is 0 Å². The molecule has 0 bridgehead atoms. The summed E-state index contributed by atoms with van der Waals surface area (Å²) < 4.78 is 11.0. The van der Waals surface area contributed by atoms with Gasteiger partial charge in [0.05, 0.1) is 10.4 Å². The van der Waals surface area contributed by atoms with Crippen LogP contribution < -0.4 is 5.32 Å². The zero-order valence-corrected chi connectivity index (χ0v) is 21.3. The fraction of sp³-hybridized carbons (Fsp3) is 0.370. The molecule has 3 rings (SSSR count). The third-order valence-electron chi connectivity index (χ3n) is 5.09. The van der Waals surface area contributed by atoms with E-state index in [2.05, 4.69) is 10.3 Å².